The first kappa shape index (κ1) is 15.4. The van der Waals surface area contributed by atoms with E-state index in [1.807, 2.05) is 0 Å². The number of nitrogens with zero attached hydrogens (tertiary/aromatic N) is 1. The second-order valence-corrected chi connectivity index (χ2v) is 6.23. The second kappa shape index (κ2) is 6.19. The Morgan fingerprint density at radius 1 is 1.40 bits per heavy atom. The number of hydrogen-bond acceptors (Lipinski definition) is 4. The summed E-state index contributed by atoms with van der Waals surface area (Å²) in [4.78, 5) is 4.65. The smallest absolute Gasteiger partial charge is 0.404 e. The monoisotopic (exact) mass is 386 g/mol. The molecule has 0 aliphatic carbocycles. The zero-order valence-corrected chi connectivity index (χ0v) is 12.8. The number of nitrogens with one attached hydrogen (secondary N) is 1. The predicted octanol–water partition coefficient (Wildman–Crippen LogP) is 5.07. The number of halogens is 5. The number of ether oxygens (including phenoxy) is 1. The molecule has 0 radical (unpaired) electrons. The lowest BCUT2D eigenvalue weighted by molar-refractivity contribution is -0.274. The van der Waals surface area contributed by atoms with Gasteiger partial charge < -0.3 is 10.1 Å². The molecule has 3 nitrogen and oxygen atoms in total. The van der Waals surface area contributed by atoms with E-state index in [2.05, 4.69) is 31.0 Å². The van der Waals surface area contributed by atoms with Gasteiger partial charge in [-0.05, 0) is 18.2 Å². The molecule has 1 N–H and O–H groups in total. The summed E-state index contributed by atoms with van der Waals surface area (Å²) in [5.41, 5.74) is 0.223. The highest BCUT2D eigenvalue weighted by atomic mass is 79.9. The summed E-state index contributed by atoms with van der Waals surface area (Å²) in [6, 6.07) is 4.21. The molecule has 2 aromatic rings. The number of anilines is 1. The van der Waals surface area contributed by atoms with Crippen LogP contribution in [0, 0.1) is 0 Å². The topological polar surface area (TPSA) is 34.1 Å². The van der Waals surface area contributed by atoms with Crippen molar-refractivity contribution in [2.24, 2.45) is 0 Å². The van der Waals surface area contributed by atoms with Gasteiger partial charge in [0, 0.05) is 15.5 Å². The van der Waals surface area contributed by atoms with Crippen LogP contribution in [0.5, 0.6) is 5.75 Å². The molecule has 0 unspecified atom stereocenters. The standard InChI is InChI=1S/C11H7BrClF3N2OS/c12-6-1-2-9(19-11(14,15)16)8(3-6)17-4-7-5-18-10(13)20-7/h1-3,5,17H,4H2. The van der Waals surface area contributed by atoms with Crippen molar-refractivity contribution in [1.29, 1.82) is 0 Å². The van der Waals surface area contributed by atoms with Crippen LogP contribution in [0.2, 0.25) is 4.47 Å². The molecule has 0 amide bonds. The van der Waals surface area contributed by atoms with Crippen molar-refractivity contribution in [2.75, 3.05) is 5.32 Å². The summed E-state index contributed by atoms with van der Waals surface area (Å²) in [6.45, 7) is 0.301. The molecule has 0 saturated carbocycles. The summed E-state index contributed by atoms with van der Waals surface area (Å²) >= 11 is 10.1. The number of rotatable bonds is 4. The zero-order chi connectivity index (χ0) is 14.8. The van der Waals surface area contributed by atoms with Crippen LogP contribution in [0.4, 0.5) is 18.9 Å². The molecule has 2 rings (SSSR count). The third kappa shape index (κ3) is 4.53. The normalized spacial score (nSPS) is 11.4. The van der Waals surface area contributed by atoms with Crippen molar-refractivity contribution in [1.82, 2.24) is 4.98 Å². The molecule has 1 heterocycles. The first-order valence-electron chi connectivity index (χ1n) is 5.23. The third-order valence-electron chi connectivity index (χ3n) is 2.15. The molecular formula is C11H7BrClF3N2OS. The van der Waals surface area contributed by atoms with E-state index < -0.39 is 6.36 Å². The molecule has 0 spiro atoms. The van der Waals surface area contributed by atoms with Crippen LogP contribution in [0.3, 0.4) is 0 Å². The largest absolute Gasteiger partial charge is 0.573 e. The number of benzene rings is 1. The van der Waals surface area contributed by atoms with E-state index in [1.54, 1.807) is 6.20 Å². The molecule has 9 heteroatoms. The van der Waals surface area contributed by atoms with E-state index in [1.165, 1.54) is 29.5 Å². The van der Waals surface area contributed by atoms with Crippen LogP contribution in [0.1, 0.15) is 4.88 Å². The maximum atomic E-state index is 12.3. The molecule has 0 aliphatic rings. The average molecular weight is 388 g/mol. The highest BCUT2D eigenvalue weighted by molar-refractivity contribution is 9.10. The first-order chi connectivity index (χ1) is 9.33. The van der Waals surface area contributed by atoms with E-state index in [4.69, 9.17) is 11.6 Å². The summed E-state index contributed by atoms with van der Waals surface area (Å²) in [5, 5.41) is 2.86. The zero-order valence-electron chi connectivity index (χ0n) is 9.67. The van der Waals surface area contributed by atoms with Crippen molar-refractivity contribution in [3.8, 4) is 5.75 Å². The summed E-state index contributed by atoms with van der Waals surface area (Å²) < 4.78 is 41.9. The van der Waals surface area contributed by atoms with Crippen molar-refractivity contribution < 1.29 is 17.9 Å². The predicted molar refractivity (Wildman–Crippen MR) is 75.3 cm³/mol. The average Bonchev–Trinajstić information content (AvgIpc) is 2.74. The van der Waals surface area contributed by atoms with Gasteiger partial charge in [-0.15, -0.1) is 24.5 Å². The minimum atomic E-state index is -4.74. The van der Waals surface area contributed by atoms with Gasteiger partial charge in [-0.2, -0.15) is 0 Å². The maximum absolute atomic E-state index is 12.3. The van der Waals surface area contributed by atoms with Crippen LogP contribution in [0.25, 0.3) is 0 Å². The molecule has 20 heavy (non-hydrogen) atoms. The molecule has 0 bridgehead atoms. The van der Waals surface area contributed by atoms with Crippen molar-refractivity contribution >= 4 is 44.6 Å². The van der Waals surface area contributed by atoms with Crippen LogP contribution in [-0.2, 0) is 6.54 Å². The summed E-state index contributed by atoms with van der Waals surface area (Å²) in [5.74, 6) is -0.295. The molecule has 1 aromatic heterocycles. The Morgan fingerprint density at radius 3 is 2.75 bits per heavy atom. The van der Waals surface area contributed by atoms with Gasteiger partial charge >= 0.3 is 6.36 Å². The van der Waals surface area contributed by atoms with E-state index in [0.717, 1.165) is 4.88 Å². The van der Waals surface area contributed by atoms with Crippen LogP contribution in [0.15, 0.2) is 28.9 Å². The fourth-order valence-electron chi connectivity index (χ4n) is 1.40. The quantitative estimate of drug-likeness (QED) is 0.795. The molecule has 108 valence electrons. The molecular weight excluding hydrogens is 381 g/mol. The van der Waals surface area contributed by atoms with Crippen LogP contribution < -0.4 is 10.1 Å². The fourth-order valence-corrected chi connectivity index (χ4v) is 2.68. The number of alkyl halides is 3. The van der Waals surface area contributed by atoms with E-state index >= 15 is 0 Å². The van der Waals surface area contributed by atoms with Gasteiger partial charge in [-0.1, -0.05) is 27.5 Å². The van der Waals surface area contributed by atoms with Gasteiger partial charge in [0.1, 0.15) is 0 Å². The van der Waals surface area contributed by atoms with Crippen molar-refractivity contribution in [3.05, 3.63) is 38.2 Å². The van der Waals surface area contributed by atoms with Gasteiger partial charge in [0.05, 0.1) is 12.2 Å². The molecule has 0 saturated heterocycles. The highest BCUT2D eigenvalue weighted by Gasteiger charge is 2.32. The molecule has 0 aliphatic heterocycles. The Hall–Kier alpha value is -0.990. The van der Waals surface area contributed by atoms with E-state index in [9.17, 15) is 13.2 Å². The van der Waals surface area contributed by atoms with Crippen molar-refractivity contribution in [2.45, 2.75) is 12.9 Å². The Morgan fingerprint density at radius 2 is 2.15 bits per heavy atom. The SMILES string of the molecule is FC(F)(F)Oc1ccc(Br)cc1NCc1cnc(Cl)s1. The van der Waals surface area contributed by atoms with E-state index in [-0.39, 0.29) is 11.4 Å². The minimum Gasteiger partial charge on any atom is -0.404 e. The van der Waals surface area contributed by atoms with Gasteiger partial charge in [0.2, 0.25) is 0 Å². The van der Waals surface area contributed by atoms with Gasteiger partial charge in [-0.25, -0.2) is 4.98 Å². The van der Waals surface area contributed by atoms with Crippen LogP contribution in [-0.4, -0.2) is 11.3 Å². The Balaban J connectivity index is 2.14. The Bertz CT molecular complexity index is 606. The van der Waals surface area contributed by atoms with Gasteiger partial charge in [0.25, 0.3) is 0 Å². The summed E-state index contributed by atoms with van der Waals surface area (Å²) in [6.07, 6.45) is -3.18. The first-order valence-corrected chi connectivity index (χ1v) is 7.21. The Kier molecular flexibility index (Phi) is 4.77. The van der Waals surface area contributed by atoms with Gasteiger partial charge in [-0.3, -0.25) is 0 Å². The van der Waals surface area contributed by atoms with Crippen molar-refractivity contribution in [3.63, 3.8) is 0 Å². The minimum absolute atomic E-state index is 0.223. The molecule has 0 atom stereocenters. The summed E-state index contributed by atoms with van der Waals surface area (Å²) in [7, 11) is 0. The number of aromatic nitrogens is 1. The number of thiazole rings is 1. The van der Waals surface area contributed by atoms with Crippen LogP contribution >= 0.6 is 38.9 Å². The molecule has 1 aromatic carbocycles. The fraction of sp³-hybridized carbons (Fsp3) is 0.182. The lowest BCUT2D eigenvalue weighted by Gasteiger charge is -2.14. The number of hydrogen-bond donors (Lipinski definition) is 1. The second-order valence-electron chi connectivity index (χ2n) is 3.62. The lowest BCUT2D eigenvalue weighted by Crippen LogP contribution is -2.18. The third-order valence-corrected chi connectivity index (χ3v) is 3.75. The maximum Gasteiger partial charge on any atom is 0.573 e. The van der Waals surface area contributed by atoms with Gasteiger partial charge in [0.15, 0.2) is 10.2 Å². The Labute approximate surface area is 129 Å². The van der Waals surface area contributed by atoms with E-state index in [0.29, 0.717) is 15.5 Å². The lowest BCUT2D eigenvalue weighted by atomic mass is 10.3. The highest BCUT2D eigenvalue weighted by Crippen LogP contribution is 2.33. The molecule has 0 fully saturated rings.